The Hall–Kier alpha value is -0.850. The molecule has 0 aromatic rings. The van der Waals surface area contributed by atoms with E-state index in [1.54, 1.807) is 0 Å². The first-order valence-electron chi connectivity index (χ1n) is 5.84. The van der Waals surface area contributed by atoms with E-state index in [-0.39, 0.29) is 0 Å². The van der Waals surface area contributed by atoms with E-state index in [9.17, 15) is 0 Å². The highest BCUT2D eigenvalue weighted by molar-refractivity contribution is 5.79. The quantitative estimate of drug-likeness (QED) is 0.253. The van der Waals surface area contributed by atoms with Crippen molar-refractivity contribution in [1.82, 2.24) is 15.6 Å². The van der Waals surface area contributed by atoms with Crippen molar-refractivity contribution in [1.29, 1.82) is 0 Å². The van der Waals surface area contributed by atoms with Gasteiger partial charge in [0, 0.05) is 32.2 Å². The zero-order valence-electron chi connectivity index (χ0n) is 10.2. The van der Waals surface area contributed by atoms with E-state index < -0.39 is 0 Å². The summed E-state index contributed by atoms with van der Waals surface area (Å²) >= 11 is 0. The lowest BCUT2D eigenvalue weighted by Gasteiger charge is -2.29. The number of hydrogen-bond donors (Lipinski definition) is 3. The zero-order chi connectivity index (χ0) is 11.8. The standard InChI is InChI=1S/C10H23N5O/c1-3-12-10(14-11)13-9(2)8-15-4-6-16-7-5-15/h9H,3-8,11H2,1-2H3,(H2,12,13,14). The highest BCUT2D eigenvalue weighted by atomic mass is 16.5. The average Bonchev–Trinajstić information content (AvgIpc) is 2.29. The molecule has 1 atom stereocenters. The number of morpholine rings is 1. The van der Waals surface area contributed by atoms with Gasteiger partial charge in [-0.2, -0.15) is 0 Å². The van der Waals surface area contributed by atoms with Crippen molar-refractivity contribution in [3.05, 3.63) is 0 Å². The number of nitrogens with one attached hydrogen (secondary N) is 2. The van der Waals surface area contributed by atoms with Crippen LogP contribution < -0.4 is 16.6 Å². The summed E-state index contributed by atoms with van der Waals surface area (Å²) < 4.78 is 5.30. The van der Waals surface area contributed by atoms with Gasteiger partial charge >= 0.3 is 0 Å². The fourth-order valence-electron chi connectivity index (χ4n) is 1.74. The first-order valence-corrected chi connectivity index (χ1v) is 5.84. The summed E-state index contributed by atoms with van der Waals surface area (Å²) in [5.41, 5.74) is 2.57. The Bertz CT molecular complexity index is 215. The van der Waals surface area contributed by atoms with Crippen molar-refractivity contribution in [3.63, 3.8) is 0 Å². The molecule has 1 aliphatic heterocycles. The number of guanidine groups is 1. The normalized spacial score (nSPS) is 20.6. The second-order valence-corrected chi connectivity index (χ2v) is 3.93. The third-order valence-electron chi connectivity index (χ3n) is 2.47. The molecule has 94 valence electrons. The molecule has 0 aromatic carbocycles. The van der Waals surface area contributed by atoms with Crippen LogP contribution in [-0.2, 0) is 4.74 Å². The van der Waals surface area contributed by atoms with Crippen LogP contribution in [0.25, 0.3) is 0 Å². The van der Waals surface area contributed by atoms with E-state index in [4.69, 9.17) is 10.6 Å². The molecule has 0 radical (unpaired) electrons. The van der Waals surface area contributed by atoms with Crippen molar-refractivity contribution >= 4 is 5.96 Å². The monoisotopic (exact) mass is 229 g/mol. The number of hydrazine groups is 1. The molecule has 6 heteroatoms. The summed E-state index contributed by atoms with van der Waals surface area (Å²) in [6, 6.07) is 0.319. The van der Waals surface area contributed by atoms with Gasteiger partial charge in [0.15, 0.2) is 0 Å². The minimum Gasteiger partial charge on any atom is -0.379 e. The molecule has 1 fully saturated rings. The second kappa shape index (κ2) is 7.43. The van der Waals surface area contributed by atoms with Crippen molar-refractivity contribution in [2.24, 2.45) is 10.8 Å². The molecule has 0 aromatic heterocycles. The van der Waals surface area contributed by atoms with Gasteiger partial charge in [0.25, 0.3) is 0 Å². The first-order chi connectivity index (χ1) is 7.76. The molecule has 1 aliphatic rings. The van der Waals surface area contributed by atoms with E-state index in [1.807, 2.05) is 6.92 Å². The lowest BCUT2D eigenvalue weighted by atomic mass is 10.3. The number of hydrogen-bond acceptors (Lipinski definition) is 4. The van der Waals surface area contributed by atoms with Gasteiger partial charge < -0.3 is 10.1 Å². The van der Waals surface area contributed by atoms with Gasteiger partial charge in [0.2, 0.25) is 5.96 Å². The molecular formula is C10H23N5O. The molecular weight excluding hydrogens is 206 g/mol. The molecule has 0 saturated carbocycles. The molecule has 6 nitrogen and oxygen atoms in total. The topological polar surface area (TPSA) is 74.9 Å². The average molecular weight is 229 g/mol. The van der Waals surface area contributed by atoms with Crippen LogP contribution in [0.3, 0.4) is 0 Å². The van der Waals surface area contributed by atoms with E-state index in [2.05, 4.69) is 27.6 Å². The fraction of sp³-hybridized carbons (Fsp3) is 0.900. The number of nitrogens with zero attached hydrogens (tertiary/aromatic N) is 2. The Morgan fingerprint density at radius 2 is 2.19 bits per heavy atom. The molecule has 1 saturated heterocycles. The van der Waals surface area contributed by atoms with Gasteiger partial charge in [-0.1, -0.05) is 0 Å². The Morgan fingerprint density at radius 1 is 1.50 bits per heavy atom. The van der Waals surface area contributed by atoms with Crippen molar-refractivity contribution in [2.75, 3.05) is 39.4 Å². The zero-order valence-corrected chi connectivity index (χ0v) is 10.2. The Balaban J connectivity index is 2.27. The van der Waals surface area contributed by atoms with Gasteiger partial charge in [0.1, 0.15) is 0 Å². The van der Waals surface area contributed by atoms with Crippen LogP contribution in [0.15, 0.2) is 4.99 Å². The third kappa shape index (κ3) is 4.78. The molecule has 0 bridgehead atoms. The number of rotatable bonds is 4. The largest absolute Gasteiger partial charge is 0.379 e. The van der Waals surface area contributed by atoms with Crippen molar-refractivity contribution in [3.8, 4) is 0 Å². The van der Waals surface area contributed by atoms with Crippen LogP contribution in [0.2, 0.25) is 0 Å². The van der Waals surface area contributed by atoms with E-state index in [0.717, 1.165) is 39.4 Å². The molecule has 0 aliphatic carbocycles. The maximum Gasteiger partial charge on any atom is 0.205 e. The SMILES string of the molecule is CCN=C(NN)NC(C)CN1CCOCC1. The maximum atomic E-state index is 5.36. The minimum atomic E-state index is 0.319. The van der Waals surface area contributed by atoms with Gasteiger partial charge in [0.05, 0.1) is 13.2 Å². The van der Waals surface area contributed by atoms with Gasteiger partial charge in [-0.05, 0) is 13.8 Å². The molecule has 1 rings (SSSR count). The summed E-state index contributed by atoms with van der Waals surface area (Å²) in [6.45, 7) is 9.47. The smallest absolute Gasteiger partial charge is 0.205 e. The van der Waals surface area contributed by atoms with Crippen LogP contribution in [0.4, 0.5) is 0 Å². The van der Waals surface area contributed by atoms with Crippen molar-refractivity contribution in [2.45, 2.75) is 19.9 Å². The summed E-state index contributed by atoms with van der Waals surface area (Å²) in [4.78, 5) is 6.58. The lowest BCUT2D eigenvalue weighted by molar-refractivity contribution is 0.0352. The molecule has 0 spiro atoms. The Morgan fingerprint density at radius 3 is 2.75 bits per heavy atom. The van der Waals surface area contributed by atoms with Gasteiger partial charge in [-0.3, -0.25) is 15.3 Å². The highest BCUT2D eigenvalue weighted by Gasteiger charge is 2.13. The van der Waals surface area contributed by atoms with Crippen molar-refractivity contribution < 1.29 is 4.74 Å². The number of nitrogens with two attached hydrogens (primary N) is 1. The van der Waals surface area contributed by atoms with Gasteiger partial charge in [-0.25, -0.2) is 5.84 Å². The lowest BCUT2D eigenvalue weighted by Crippen LogP contribution is -2.50. The summed E-state index contributed by atoms with van der Waals surface area (Å²) in [5.74, 6) is 6.02. The first kappa shape index (κ1) is 13.2. The summed E-state index contributed by atoms with van der Waals surface area (Å²) in [6.07, 6.45) is 0. The second-order valence-electron chi connectivity index (χ2n) is 3.93. The van der Waals surface area contributed by atoms with Crippen LogP contribution in [0, 0.1) is 0 Å². The minimum absolute atomic E-state index is 0.319. The maximum absolute atomic E-state index is 5.36. The highest BCUT2D eigenvalue weighted by Crippen LogP contribution is 1.98. The predicted octanol–water partition coefficient (Wildman–Crippen LogP) is -0.864. The molecule has 1 heterocycles. The van der Waals surface area contributed by atoms with E-state index in [1.165, 1.54) is 0 Å². The molecule has 1 unspecified atom stereocenters. The number of ether oxygens (including phenoxy) is 1. The molecule has 0 amide bonds. The van der Waals surface area contributed by atoms with Gasteiger partial charge in [-0.15, -0.1) is 0 Å². The Kier molecular flexibility index (Phi) is 6.14. The van der Waals surface area contributed by atoms with Crippen LogP contribution in [-0.4, -0.2) is 56.3 Å². The fourth-order valence-corrected chi connectivity index (χ4v) is 1.74. The molecule has 16 heavy (non-hydrogen) atoms. The summed E-state index contributed by atoms with van der Waals surface area (Å²) in [7, 11) is 0. The van der Waals surface area contributed by atoms with E-state index in [0.29, 0.717) is 12.0 Å². The summed E-state index contributed by atoms with van der Waals surface area (Å²) in [5, 5.41) is 3.25. The van der Waals surface area contributed by atoms with Crippen LogP contribution in [0.5, 0.6) is 0 Å². The van der Waals surface area contributed by atoms with Crippen LogP contribution >= 0.6 is 0 Å². The third-order valence-corrected chi connectivity index (χ3v) is 2.47. The van der Waals surface area contributed by atoms with Crippen LogP contribution in [0.1, 0.15) is 13.8 Å². The number of aliphatic imine (C=N–C) groups is 1. The predicted molar refractivity (Wildman–Crippen MR) is 65.2 cm³/mol. The Labute approximate surface area is 97.2 Å². The van der Waals surface area contributed by atoms with E-state index >= 15 is 0 Å². The molecule has 4 N–H and O–H groups in total.